The molecule has 4 atom stereocenters. The summed E-state index contributed by atoms with van der Waals surface area (Å²) < 4.78 is 0. The molecule has 2 aliphatic rings. The van der Waals surface area contributed by atoms with E-state index in [0.717, 1.165) is 32.2 Å². The van der Waals surface area contributed by atoms with Crippen molar-refractivity contribution in [3.05, 3.63) is 0 Å². The molecule has 2 fully saturated rings. The van der Waals surface area contributed by atoms with Gasteiger partial charge in [0.15, 0.2) is 0 Å². The van der Waals surface area contributed by atoms with Crippen LogP contribution in [-0.2, 0) is 0 Å². The Morgan fingerprint density at radius 1 is 1.33 bits per heavy atom. The Morgan fingerprint density at radius 3 is 2.73 bits per heavy atom. The van der Waals surface area contributed by atoms with Gasteiger partial charge in [0.25, 0.3) is 0 Å². The largest absolute Gasteiger partial charge is 0.393 e. The quantitative estimate of drug-likeness (QED) is 0.748. The third-order valence-corrected chi connectivity index (χ3v) is 4.05. The highest BCUT2D eigenvalue weighted by atomic mass is 16.3. The molecule has 15 heavy (non-hydrogen) atoms. The molecule has 0 aromatic carbocycles. The summed E-state index contributed by atoms with van der Waals surface area (Å²) in [4.78, 5) is 2.29. The first kappa shape index (κ1) is 10.9. The van der Waals surface area contributed by atoms with Crippen LogP contribution >= 0.6 is 0 Å². The highest BCUT2D eigenvalue weighted by Gasteiger charge is 2.39. The fourth-order valence-corrected chi connectivity index (χ4v) is 3.25. The smallest absolute Gasteiger partial charge is 0.0951 e. The molecule has 1 heterocycles. The molecular weight excluding hydrogens is 188 g/mol. The molecule has 1 aliphatic carbocycles. The summed E-state index contributed by atoms with van der Waals surface area (Å²) in [6.07, 6.45) is 5.46. The number of aliphatic hydroxyl groups excluding tert-OH is 1. The summed E-state index contributed by atoms with van der Waals surface area (Å²) in [5, 5.41) is 18.9. The van der Waals surface area contributed by atoms with Crippen molar-refractivity contribution in [1.82, 2.24) is 4.90 Å². The number of hydrogen-bond donors (Lipinski definition) is 1. The zero-order chi connectivity index (χ0) is 10.8. The molecule has 84 valence electrons. The Bertz CT molecular complexity index is 261. The molecule has 0 bridgehead atoms. The van der Waals surface area contributed by atoms with Gasteiger partial charge in [-0.05, 0) is 39.2 Å². The van der Waals surface area contributed by atoms with Crippen LogP contribution in [0.3, 0.4) is 0 Å². The summed E-state index contributed by atoms with van der Waals surface area (Å²) in [6.45, 7) is 3.00. The van der Waals surface area contributed by atoms with Crippen LogP contribution in [0.5, 0.6) is 0 Å². The van der Waals surface area contributed by atoms with Gasteiger partial charge in [0, 0.05) is 12.0 Å². The lowest BCUT2D eigenvalue weighted by Gasteiger charge is -2.32. The minimum atomic E-state index is -0.124. The van der Waals surface area contributed by atoms with Crippen LogP contribution in [0.25, 0.3) is 0 Å². The van der Waals surface area contributed by atoms with E-state index in [1.807, 2.05) is 6.92 Å². The minimum absolute atomic E-state index is 0.00491. The van der Waals surface area contributed by atoms with Crippen LogP contribution in [0.1, 0.15) is 39.0 Å². The van der Waals surface area contributed by atoms with Gasteiger partial charge in [-0.3, -0.25) is 4.90 Å². The average Bonchev–Trinajstić information content (AvgIpc) is 2.84. The summed E-state index contributed by atoms with van der Waals surface area (Å²) in [7, 11) is 0. The van der Waals surface area contributed by atoms with Crippen molar-refractivity contribution in [3.8, 4) is 6.07 Å². The SMILES string of the molecule is CC(C#N)N1CCCC1C1CCCC1O. The first-order valence-corrected chi connectivity index (χ1v) is 6.07. The molecule has 3 heteroatoms. The van der Waals surface area contributed by atoms with Crippen molar-refractivity contribution in [2.24, 2.45) is 5.92 Å². The fraction of sp³-hybridized carbons (Fsp3) is 0.917. The van der Waals surface area contributed by atoms with Crippen LogP contribution in [0.4, 0.5) is 0 Å². The second-order valence-electron chi connectivity index (χ2n) is 4.91. The van der Waals surface area contributed by atoms with Crippen LogP contribution in [-0.4, -0.2) is 34.7 Å². The first-order valence-electron chi connectivity index (χ1n) is 6.07. The van der Waals surface area contributed by atoms with Gasteiger partial charge in [0.2, 0.25) is 0 Å². The van der Waals surface area contributed by atoms with Crippen molar-refractivity contribution < 1.29 is 5.11 Å². The van der Waals surface area contributed by atoms with Crippen LogP contribution in [0.15, 0.2) is 0 Å². The Kier molecular flexibility index (Phi) is 3.28. The predicted molar refractivity (Wildman–Crippen MR) is 58.2 cm³/mol. The van der Waals surface area contributed by atoms with E-state index in [2.05, 4.69) is 11.0 Å². The van der Waals surface area contributed by atoms with E-state index in [4.69, 9.17) is 5.26 Å². The number of nitriles is 1. The van der Waals surface area contributed by atoms with Gasteiger partial charge < -0.3 is 5.11 Å². The fourth-order valence-electron chi connectivity index (χ4n) is 3.25. The molecule has 0 aromatic rings. The van der Waals surface area contributed by atoms with E-state index >= 15 is 0 Å². The van der Waals surface area contributed by atoms with Gasteiger partial charge in [-0.15, -0.1) is 0 Å². The van der Waals surface area contributed by atoms with E-state index in [1.165, 1.54) is 6.42 Å². The van der Waals surface area contributed by atoms with Gasteiger partial charge in [0.05, 0.1) is 18.2 Å². The van der Waals surface area contributed by atoms with Crippen molar-refractivity contribution in [2.75, 3.05) is 6.54 Å². The standard InChI is InChI=1S/C12H20N2O/c1-9(8-13)14-7-3-5-11(14)10-4-2-6-12(10)15/h9-12,15H,2-7H2,1H3. The van der Waals surface area contributed by atoms with Crippen LogP contribution in [0.2, 0.25) is 0 Å². The second kappa shape index (κ2) is 4.51. The molecule has 1 aliphatic heterocycles. The molecule has 2 rings (SSSR count). The molecule has 0 amide bonds. The number of likely N-dealkylation sites (tertiary alicyclic amines) is 1. The maximum Gasteiger partial charge on any atom is 0.0951 e. The highest BCUT2D eigenvalue weighted by Crippen LogP contribution is 2.36. The Balaban J connectivity index is 2.04. The summed E-state index contributed by atoms with van der Waals surface area (Å²) in [5.41, 5.74) is 0. The third kappa shape index (κ3) is 2.02. The number of hydrogen-bond acceptors (Lipinski definition) is 3. The van der Waals surface area contributed by atoms with Gasteiger partial charge in [-0.25, -0.2) is 0 Å². The number of nitrogens with zero attached hydrogens (tertiary/aromatic N) is 2. The molecule has 0 aromatic heterocycles. The molecular formula is C12H20N2O. The highest BCUT2D eigenvalue weighted by molar-refractivity contribution is 4.98. The third-order valence-electron chi connectivity index (χ3n) is 4.05. The van der Waals surface area contributed by atoms with E-state index in [-0.39, 0.29) is 12.1 Å². The number of rotatable bonds is 2. The van der Waals surface area contributed by atoms with Gasteiger partial charge >= 0.3 is 0 Å². The molecule has 4 unspecified atom stereocenters. The van der Waals surface area contributed by atoms with Crippen molar-refractivity contribution >= 4 is 0 Å². The predicted octanol–water partition coefficient (Wildman–Crippen LogP) is 1.52. The van der Waals surface area contributed by atoms with Crippen molar-refractivity contribution in [1.29, 1.82) is 5.26 Å². The monoisotopic (exact) mass is 208 g/mol. The van der Waals surface area contributed by atoms with Crippen molar-refractivity contribution in [2.45, 2.75) is 57.2 Å². The lowest BCUT2D eigenvalue weighted by Crippen LogP contribution is -2.43. The summed E-state index contributed by atoms with van der Waals surface area (Å²) >= 11 is 0. The zero-order valence-electron chi connectivity index (χ0n) is 9.39. The van der Waals surface area contributed by atoms with Crippen LogP contribution < -0.4 is 0 Å². The van der Waals surface area contributed by atoms with Gasteiger partial charge in [-0.2, -0.15) is 5.26 Å². The maximum absolute atomic E-state index is 9.91. The Morgan fingerprint density at radius 2 is 2.13 bits per heavy atom. The Labute approximate surface area is 91.7 Å². The van der Waals surface area contributed by atoms with Crippen molar-refractivity contribution in [3.63, 3.8) is 0 Å². The molecule has 1 saturated heterocycles. The van der Waals surface area contributed by atoms with E-state index in [9.17, 15) is 5.11 Å². The van der Waals surface area contributed by atoms with Crippen LogP contribution in [0, 0.1) is 17.2 Å². The normalized spacial score (nSPS) is 39.1. The topological polar surface area (TPSA) is 47.3 Å². The maximum atomic E-state index is 9.91. The lowest BCUT2D eigenvalue weighted by molar-refractivity contribution is 0.0683. The Hall–Kier alpha value is -0.590. The molecule has 1 N–H and O–H groups in total. The van der Waals surface area contributed by atoms with E-state index < -0.39 is 0 Å². The van der Waals surface area contributed by atoms with Gasteiger partial charge in [-0.1, -0.05) is 6.42 Å². The molecule has 0 spiro atoms. The van der Waals surface area contributed by atoms with E-state index in [0.29, 0.717) is 12.0 Å². The average molecular weight is 208 g/mol. The number of aliphatic hydroxyl groups is 1. The van der Waals surface area contributed by atoms with Gasteiger partial charge in [0.1, 0.15) is 0 Å². The second-order valence-corrected chi connectivity index (χ2v) is 4.91. The lowest BCUT2D eigenvalue weighted by atomic mass is 9.93. The van der Waals surface area contributed by atoms with E-state index in [1.54, 1.807) is 0 Å². The molecule has 1 saturated carbocycles. The molecule has 0 radical (unpaired) electrons. The molecule has 3 nitrogen and oxygen atoms in total. The minimum Gasteiger partial charge on any atom is -0.393 e. The summed E-state index contributed by atoms with van der Waals surface area (Å²) in [6, 6.07) is 2.78. The first-order chi connectivity index (χ1) is 7.24. The summed E-state index contributed by atoms with van der Waals surface area (Å²) in [5.74, 6) is 0.420. The zero-order valence-corrected chi connectivity index (χ0v) is 9.39.